The number of piperidine rings is 1. The van der Waals surface area contributed by atoms with Gasteiger partial charge < -0.3 is 10.6 Å². The van der Waals surface area contributed by atoms with Crippen LogP contribution < -0.4 is 10.6 Å². The first-order valence-corrected chi connectivity index (χ1v) is 8.77. The standard InChI is InChI=1S/C16H28N4S/c1-13(2)19-16(17-3)18-10-14-6-4-8-20(11-14)12-15-7-5-9-21-15/h5,7,9,13-14H,4,6,8,10-12H2,1-3H3,(H2,17,18,19). The molecule has 0 bridgehead atoms. The van der Waals surface area contributed by atoms with Crippen LogP contribution >= 0.6 is 11.3 Å². The van der Waals surface area contributed by atoms with E-state index in [0.29, 0.717) is 12.0 Å². The first-order valence-electron chi connectivity index (χ1n) is 7.89. The van der Waals surface area contributed by atoms with Gasteiger partial charge in [-0.25, -0.2) is 0 Å². The normalized spacial score (nSPS) is 20.8. The maximum absolute atomic E-state index is 4.27. The fourth-order valence-electron chi connectivity index (χ4n) is 2.79. The minimum atomic E-state index is 0.415. The van der Waals surface area contributed by atoms with Gasteiger partial charge in [-0.3, -0.25) is 9.89 Å². The third-order valence-electron chi connectivity index (χ3n) is 3.77. The molecule has 1 unspecified atom stereocenters. The number of likely N-dealkylation sites (tertiary alicyclic amines) is 1. The minimum Gasteiger partial charge on any atom is -0.356 e. The Morgan fingerprint density at radius 2 is 2.38 bits per heavy atom. The van der Waals surface area contributed by atoms with E-state index >= 15 is 0 Å². The fraction of sp³-hybridized carbons (Fsp3) is 0.688. The topological polar surface area (TPSA) is 39.7 Å². The molecule has 2 N–H and O–H groups in total. The van der Waals surface area contributed by atoms with Gasteiger partial charge in [-0.2, -0.15) is 0 Å². The largest absolute Gasteiger partial charge is 0.356 e. The van der Waals surface area contributed by atoms with Crippen LogP contribution in [0.2, 0.25) is 0 Å². The van der Waals surface area contributed by atoms with E-state index in [1.54, 1.807) is 0 Å². The Bertz CT molecular complexity index is 427. The van der Waals surface area contributed by atoms with Crippen molar-refractivity contribution >= 4 is 17.3 Å². The molecule has 1 aliphatic rings. The average Bonchev–Trinajstić information content (AvgIpc) is 2.96. The summed E-state index contributed by atoms with van der Waals surface area (Å²) in [6.45, 7) is 8.80. The van der Waals surface area contributed by atoms with Crippen LogP contribution in [-0.2, 0) is 6.54 Å². The maximum atomic E-state index is 4.27. The van der Waals surface area contributed by atoms with E-state index in [1.807, 2.05) is 18.4 Å². The second kappa shape index (κ2) is 8.39. The Balaban J connectivity index is 1.76. The van der Waals surface area contributed by atoms with Gasteiger partial charge in [0.25, 0.3) is 0 Å². The molecule has 0 radical (unpaired) electrons. The van der Waals surface area contributed by atoms with E-state index in [4.69, 9.17) is 0 Å². The van der Waals surface area contributed by atoms with E-state index in [1.165, 1.54) is 30.8 Å². The highest BCUT2D eigenvalue weighted by molar-refractivity contribution is 7.09. The van der Waals surface area contributed by atoms with Gasteiger partial charge in [-0.1, -0.05) is 6.07 Å². The lowest BCUT2D eigenvalue weighted by Gasteiger charge is -2.32. The molecule has 4 nitrogen and oxygen atoms in total. The highest BCUT2D eigenvalue weighted by Gasteiger charge is 2.20. The molecule has 21 heavy (non-hydrogen) atoms. The van der Waals surface area contributed by atoms with Crippen LogP contribution in [0, 0.1) is 5.92 Å². The first kappa shape index (κ1) is 16.3. The average molecular weight is 308 g/mol. The lowest BCUT2D eigenvalue weighted by Crippen LogP contribution is -2.45. The summed E-state index contributed by atoms with van der Waals surface area (Å²) in [5, 5.41) is 8.97. The quantitative estimate of drug-likeness (QED) is 0.649. The van der Waals surface area contributed by atoms with E-state index in [0.717, 1.165) is 19.0 Å². The van der Waals surface area contributed by atoms with Crippen LogP contribution in [-0.4, -0.2) is 43.6 Å². The number of guanidine groups is 1. The number of nitrogens with one attached hydrogen (secondary N) is 2. The molecule has 0 spiro atoms. The molecule has 0 aromatic carbocycles. The SMILES string of the molecule is CN=C(NCC1CCCN(Cc2cccs2)C1)NC(C)C. The van der Waals surface area contributed by atoms with Crippen LogP contribution in [0.15, 0.2) is 22.5 Å². The summed E-state index contributed by atoms with van der Waals surface area (Å²) in [5.41, 5.74) is 0. The van der Waals surface area contributed by atoms with Crippen LogP contribution in [0.25, 0.3) is 0 Å². The number of hydrogen-bond donors (Lipinski definition) is 2. The number of rotatable bonds is 5. The molecular formula is C16H28N4S. The predicted molar refractivity (Wildman–Crippen MR) is 92.0 cm³/mol. The van der Waals surface area contributed by atoms with Crippen molar-refractivity contribution in [3.63, 3.8) is 0 Å². The minimum absolute atomic E-state index is 0.415. The maximum Gasteiger partial charge on any atom is 0.191 e. The fourth-order valence-corrected chi connectivity index (χ4v) is 3.54. The molecule has 1 fully saturated rings. The number of thiophene rings is 1. The molecule has 1 aromatic rings. The van der Waals surface area contributed by atoms with Crippen LogP contribution in [0.5, 0.6) is 0 Å². The van der Waals surface area contributed by atoms with E-state index in [2.05, 4.69) is 51.9 Å². The molecular weight excluding hydrogens is 280 g/mol. The molecule has 5 heteroatoms. The molecule has 1 atom stereocenters. The lowest BCUT2D eigenvalue weighted by atomic mass is 9.98. The molecule has 0 saturated carbocycles. The van der Waals surface area contributed by atoms with Crippen molar-refractivity contribution in [3.05, 3.63) is 22.4 Å². The van der Waals surface area contributed by atoms with Crippen molar-refractivity contribution in [2.45, 2.75) is 39.3 Å². The summed E-state index contributed by atoms with van der Waals surface area (Å²) in [4.78, 5) is 8.33. The van der Waals surface area contributed by atoms with E-state index in [-0.39, 0.29) is 0 Å². The first-order chi connectivity index (χ1) is 10.2. The zero-order valence-corrected chi connectivity index (χ0v) is 14.2. The number of nitrogens with zero attached hydrogens (tertiary/aromatic N) is 2. The zero-order chi connectivity index (χ0) is 15.1. The predicted octanol–water partition coefficient (Wildman–Crippen LogP) is 2.53. The molecule has 0 aliphatic carbocycles. The summed E-state index contributed by atoms with van der Waals surface area (Å²) in [6, 6.07) is 4.80. The van der Waals surface area contributed by atoms with Crippen molar-refractivity contribution in [1.29, 1.82) is 0 Å². The Morgan fingerprint density at radius 1 is 1.52 bits per heavy atom. The van der Waals surface area contributed by atoms with E-state index < -0.39 is 0 Å². The Hall–Kier alpha value is -1.07. The second-order valence-corrected chi connectivity index (χ2v) is 7.11. The highest BCUT2D eigenvalue weighted by Crippen LogP contribution is 2.19. The van der Waals surface area contributed by atoms with Crippen LogP contribution in [0.4, 0.5) is 0 Å². The van der Waals surface area contributed by atoms with Crippen molar-refractivity contribution in [2.75, 3.05) is 26.7 Å². The van der Waals surface area contributed by atoms with Crippen molar-refractivity contribution in [2.24, 2.45) is 10.9 Å². The molecule has 118 valence electrons. The van der Waals surface area contributed by atoms with Crippen molar-refractivity contribution in [3.8, 4) is 0 Å². The monoisotopic (exact) mass is 308 g/mol. The number of hydrogen-bond acceptors (Lipinski definition) is 3. The highest BCUT2D eigenvalue weighted by atomic mass is 32.1. The summed E-state index contributed by atoms with van der Waals surface area (Å²) < 4.78 is 0. The Labute approximate surface area is 132 Å². The van der Waals surface area contributed by atoms with Gasteiger partial charge in [0.15, 0.2) is 5.96 Å². The van der Waals surface area contributed by atoms with Crippen molar-refractivity contribution in [1.82, 2.24) is 15.5 Å². The van der Waals surface area contributed by atoms with Gasteiger partial charge in [-0.15, -0.1) is 11.3 Å². The van der Waals surface area contributed by atoms with Gasteiger partial charge in [0, 0.05) is 37.6 Å². The van der Waals surface area contributed by atoms with Crippen LogP contribution in [0.3, 0.4) is 0 Å². The van der Waals surface area contributed by atoms with Gasteiger partial charge in [0.05, 0.1) is 0 Å². The summed E-state index contributed by atoms with van der Waals surface area (Å²) in [5.74, 6) is 1.63. The van der Waals surface area contributed by atoms with Gasteiger partial charge in [0.1, 0.15) is 0 Å². The van der Waals surface area contributed by atoms with Gasteiger partial charge in [0.2, 0.25) is 0 Å². The lowest BCUT2D eigenvalue weighted by molar-refractivity contribution is 0.169. The Kier molecular flexibility index (Phi) is 6.51. The third-order valence-corrected chi connectivity index (χ3v) is 4.63. The van der Waals surface area contributed by atoms with E-state index in [9.17, 15) is 0 Å². The summed E-state index contributed by atoms with van der Waals surface area (Å²) in [7, 11) is 1.83. The number of aliphatic imine (C=N–C) groups is 1. The van der Waals surface area contributed by atoms with Gasteiger partial charge >= 0.3 is 0 Å². The Morgan fingerprint density at radius 3 is 3.05 bits per heavy atom. The molecule has 2 heterocycles. The molecule has 1 aliphatic heterocycles. The van der Waals surface area contributed by atoms with Crippen LogP contribution in [0.1, 0.15) is 31.6 Å². The zero-order valence-electron chi connectivity index (χ0n) is 13.4. The summed E-state index contributed by atoms with van der Waals surface area (Å²) in [6.07, 6.45) is 2.61. The molecule has 0 amide bonds. The smallest absolute Gasteiger partial charge is 0.191 e. The van der Waals surface area contributed by atoms with Crippen molar-refractivity contribution < 1.29 is 0 Å². The third kappa shape index (κ3) is 5.67. The van der Waals surface area contributed by atoms with Gasteiger partial charge in [-0.05, 0) is 50.6 Å². The second-order valence-electron chi connectivity index (χ2n) is 6.07. The molecule has 1 aromatic heterocycles. The summed E-state index contributed by atoms with van der Waals surface area (Å²) >= 11 is 1.86. The molecule has 2 rings (SSSR count). The molecule has 1 saturated heterocycles.